The van der Waals surface area contributed by atoms with E-state index in [-0.39, 0.29) is 12.0 Å². The number of carbonyl (C=O) groups is 1. The van der Waals surface area contributed by atoms with Gasteiger partial charge in [-0.1, -0.05) is 30.3 Å². The molecule has 0 aromatic heterocycles. The van der Waals surface area contributed by atoms with Crippen LogP contribution in [0.25, 0.3) is 0 Å². The first-order valence-corrected chi connectivity index (χ1v) is 6.90. The van der Waals surface area contributed by atoms with E-state index in [4.69, 9.17) is 10.5 Å². The summed E-state index contributed by atoms with van der Waals surface area (Å²) in [6, 6.07) is 10.2. The summed E-state index contributed by atoms with van der Waals surface area (Å²) in [5.41, 5.74) is 7.23. The van der Waals surface area contributed by atoms with Crippen LogP contribution in [0.2, 0.25) is 0 Å². The number of thioether (sulfide) groups is 1. The fraction of sp³-hybridized carbons (Fsp3) is 0.462. The average molecular weight is 253 g/mol. The molecule has 0 aliphatic heterocycles. The predicted octanol–water partition coefficient (Wildman–Crippen LogP) is 1.85. The summed E-state index contributed by atoms with van der Waals surface area (Å²) in [5, 5.41) is 0. The van der Waals surface area contributed by atoms with E-state index in [1.807, 2.05) is 25.1 Å². The summed E-state index contributed by atoms with van der Waals surface area (Å²) in [5.74, 6) is 0.994. The zero-order valence-corrected chi connectivity index (χ0v) is 10.9. The summed E-state index contributed by atoms with van der Waals surface area (Å²) in [4.78, 5) is 11.1. The molecule has 0 heterocycles. The molecule has 94 valence electrons. The van der Waals surface area contributed by atoms with Gasteiger partial charge in [-0.05, 0) is 18.9 Å². The normalized spacial score (nSPS) is 12.1. The Bertz CT molecular complexity index is 329. The number of hydrogen-bond acceptors (Lipinski definition) is 4. The number of esters is 1. The zero-order chi connectivity index (χ0) is 12.5. The second-order valence-electron chi connectivity index (χ2n) is 3.77. The Labute approximate surface area is 107 Å². The van der Waals surface area contributed by atoms with Gasteiger partial charge < -0.3 is 10.5 Å². The maximum Gasteiger partial charge on any atom is 0.315 e. The molecule has 0 fully saturated rings. The number of rotatable bonds is 7. The van der Waals surface area contributed by atoms with Gasteiger partial charge in [0.15, 0.2) is 0 Å². The van der Waals surface area contributed by atoms with Crippen LogP contribution in [0.3, 0.4) is 0 Å². The topological polar surface area (TPSA) is 52.3 Å². The molecule has 0 unspecified atom stereocenters. The Hall–Kier alpha value is -1.00. The molecule has 1 rings (SSSR count). The third kappa shape index (κ3) is 6.34. The van der Waals surface area contributed by atoms with Crippen LogP contribution in [0.4, 0.5) is 0 Å². The predicted molar refractivity (Wildman–Crippen MR) is 72.1 cm³/mol. The van der Waals surface area contributed by atoms with E-state index >= 15 is 0 Å². The largest absolute Gasteiger partial charge is 0.465 e. The van der Waals surface area contributed by atoms with Crippen molar-refractivity contribution in [2.75, 3.05) is 18.1 Å². The van der Waals surface area contributed by atoms with Crippen LogP contribution in [-0.4, -0.2) is 30.1 Å². The van der Waals surface area contributed by atoms with E-state index in [0.29, 0.717) is 12.4 Å². The Balaban J connectivity index is 2.17. The number of hydrogen-bond donors (Lipinski definition) is 1. The number of ether oxygens (including phenoxy) is 1. The second kappa shape index (κ2) is 8.14. The third-order valence-corrected chi connectivity index (χ3v) is 3.30. The van der Waals surface area contributed by atoms with Crippen molar-refractivity contribution in [3.63, 3.8) is 0 Å². The van der Waals surface area contributed by atoms with Crippen LogP contribution in [0.15, 0.2) is 30.3 Å². The maximum absolute atomic E-state index is 11.1. The lowest BCUT2D eigenvalue weighted by atomic mass is 10.1. The summed E-state index contributed by atoms with van der Waals surface area (Å²) < 4.78 is 4.84. The monoisotopic (exact) mass is 253 g/mol. The molecule has 1 atom stereocenters. The van der Waals surface area contributed by atoms with Crippen LogP contribution < -0.4 is 5.73 Å². The van der Waals surface area contributed by atoms with Crippen molar-refractivity contribution in [1.29, 1.82) is 0 Å². The van der Waals surface area contributed by atoms with Crippen molar-refractivity contribution in [1.82, 2.24) is 0 Å². The van der Waals surface area contributed by atoms with Crippen molar-refractivity contribution in [2.45, 2.75) is 19.4 Å². The van der Waals surface area contributed by atoms with Gasteiger partial charge in [-0.3, -0.25) is 4.79 Å². The van der Waals surface area contributed by atoms with Crippen molar-refractivity contribution in [2.24, 2.45) is 5.73 Å². The highest BCUT2D eigenvalue weighted by atomic mass is 32.2. The number of benzene rings is 1. The van der Waals surface area contributed by atoms with Crippen LogP contribution in [0, 0.1) is 0 Å². The lowest BCUT2D eigenvalue weighted by Crippen LogP contribution is -2.26. The molecule has 1 aromatic rings. The van der Waals surface area contributed by atoms with Gasteiger partial charge in [0, 0.05) is 11.8 Å². The molecular formula is C13H19NO2S. The Kier molecular flexibility index (Phi) is 6.74. The smallest absolute Gasteiger partial charge is 0.315 e. The fourth-order valence-corrected chi connectivity index (χ4v) is 2.26. The first-order chi connectivity index (χ1) is 8.22. The molecule has 17 heavy (non-hydrogen) atoms. The summed E-state index contributed by atoms with van der Waals surface area (Å²) in [7, 11) is 0. The van der Waals surface area contributed by atoms with Gasteiger partial charge in [0.25, 0.3) is 0 Å². The van der Waals surface area contributed by atoms with Gasteiger partial charge in [0.2, 0.25) is 0 Å². The van der Waals surface area contributed by atoms with Crippen molar-refractivity contribution >= 4 is 17.7 Å². The molecule has 0 spiro atoms. The molecule has 0 bridgehead atoms. The number of carbonyl (C=O) groups excluding carboxylic acids is 1. The van der Waals surface area contributed by atoms with Gasteiger partial charge in [-0.25, -0.2) is 0 Å². The molecule has 0 saturated carbocycles. The van der Waals surface area contributed by atoms with Gasteiger partial charge >= 0.3 is 5.97 Å². The molecular weight excluding hydrogens is 234 g/mol. The SMILES string of the molecule is CCOC(=O)CSC[C@@H](N)Cc1ccccc1. The maximum atomic E-state index is 11.1. The standard InChI is InChI=1S/C13H19NO2S/c1-2-16-13(15)10-17-9-12(14)8-11-6-4-3-5-7-11/h3-7,12H,2,8-10,14H2,1H3/t12-/m0/s1. The first kappa shape index (κ1) is 14.1. The highest BCUT2D eigenvalue weighted by molar-refractivity contribution is 7.99. The van der Waals surface area contributed by atoms with Crippen LogP contribution in [-0.2, 0) is 16.0 Å². The second-order valence-corrected chi connectivity index (χ2v) is 4.80. The molecule has 3 nitrogen and oxygen atoms in total. The third-order valence-electron chi connectivity index (χ3n) is 2.20. The van der Waals surface area contributed by atoms with Crippen LogP contribution in [0.5, 0.6) is 0 Å². The molecule has 2 N–H and O–H groups in total. The highest BCUT2D eigenvalue weighted by Crippen LogP contribution is 2.07. The highest BCUT2D eigenvalue weighted by Gasteiger charge is 2.07. The van der Waals surface area contributed by atoms with Gasteiger partial charge in [-0.15, -0.1) is 11.8 Å². The molecule has 0 aliphatic rings. The van der Waals surface area contributed by atoms with E-state index in [1.165, 1.54) is 17.3 Å². The van der Waals surface area contributed by atoms with E-state index in [9.17, 15) is 4.79 Å². The van der Waals surface area contributed by atoms with Crippen LogP contribution >= 0.6 is 11.8 Å². The van der Waals surface area contributed by atoms with E-state index in [1.54, 1.807) is 0 Å². The lowest BCUT2D eigenvalue weighted by molar-refractivity contribution is -0.139. The van der Waals surface area contributed by atoms with Crippen molar-refractivity contribution in [3.05, 3.63) is 35.9 Å². The first-order valence-electron chi connectivity index (χ1n) is 5.75. The number of nitrogens with two attached hydrogens (primary N) is 1. The van der Waals surface area contributed by atoms with Gasteiger partial charge in [0.1, 0.15) is 0 Å². The van der Waals surface area contributed by atoms with Crippen molar-refractivity contribution < 1.29 is 9.53 Å². The summed E-state index contributed by atoms with van der Waals surface area (Å²) in [6.07, 6.45) is 0.844. The van der Waals surface area contributed by atoms with Gasteiger partial charge in [0.05, 0.1) is 12.4 Å². The lowest BCUT2D eigenvalue weighted by Gasteiger charge is -2.10. The minimum absolute atomic E-state index is 0.0804. The van der Waals surface area contributed by atoms with Crippen LogP contribution in [0.1, 0.15) is 12.5 Å². The molecule has 0 radical (unpaired) electrons. The van der Waals surface area contributed by atoms with Crippen molar-refractivity contribution in [3.8, 4) is 0 Å². The minimum Gasteiger partial charge on any atom is -0.465 e. The summed E-state index contributed by atoms with van der Waals surface area (Å²) in [6.45, 7) is 2.25. The average Bonchev–Trinajstić information content (AvgIpc) is 2.30. The Morgan fingerprint density at radius 1 is 1.41 bits per heavy atom. The molecule has 0 aliphatic carbocycles. The Morgan fingerprint density at radius 2 is 2.12 bits per heavy atom. The van der Waals surface area contributed by atoms with Gasteiger partial charge in [-0.2, -0.15) is 0 Å². The zero-order valence-electron chi connectivity index (χ0n) is 10.1. The van der Waals surface area contributed by atoms with E-state index in [2.05, 4.69) is 12.1 Å². The minimum atomic E-state index is -0.163. The fourth-order valence-electron chi connectivity index (χ4n) is 1.47. The Morgan fingerprint density at radius 3 is 2.76 bits per heavy atom. The van der Waals surface area contributed by atoms with E-state index in [0.717, 1.165) is 12.2 Å². The molecule has 4 heteroatoms. The molecule has 0 amide bonds. The summed E-state index contributed by atoms with van der Waals surface area (Å²) >= 11 is 1.53. The molecule has 0 saturated heterocycles. The molecule has 1 aromatic carbocycles. The quantitative estimate of drug-likeness (QED) is 0.754. The van der Waals surface area contributed by atoms with E-state index < -0.39 is 0 Å².